The van der Waals surface area contributed by atoms with Crippen molar-refractivity contribution in [2.75, 3.05) is 0 Å². The van der Waals surface area contributed by atoms with Crippen molar-refractivity contribution in [3.63, 3.8) is 0 Å². The van der Waals surface area contributed by atoms with Crippen LogP contribution >= 0.6 is 11.6 Å². The van der Waals surface area contributed by atoms with Gasteiger partial charge in [0.15, 0.2) is 0 Å². The topological polar surface area (TPSA) is 66.4 Å². The number of carboxylic acid groups (broad SMARTS) is 1. The Morgan fingerprint density at radius 3 is 2.45 bits per heavy atom. The number of hydrogen-bond acceptors (Lipinski definition) is 2. The molecule has 2 N–H and O–H groups in total. The molecule has 0 aromatic heterocycles. The Bertz CT molecular complexity index is 505. The summed E-state index contributed by atoms with van der Waals surface area (Å²) in [6.07, 6.45) is -0.300. The van der Waals surface area contributed by atoms with Crippen LogP contribution in [0.15, 0.2) is 18.2 Å². The van der Waals surface area contributed by atoms with Crippen LogP contribution in [0.5, 0.6) is 0 Å². The van der Waals surface area contributed by atoms with Crippen LogP contribution in [-0.2, 0) is 16.0 Å². The summed E-state index contributed by atoms with van der Waals surface area (Å²) >= 11 is 5.83. The number of hydrogen-bond donors (Lipinski definition) is 2. The number of benzene rings is 1. The maximum atomic E-state index is 13.6. The molecule has 0 aliphatic carbocycles. The van der Waals surface area contributed by atoms with Crippen LogP contribution < -0.4 is 5.32 Å². The fourth-order valence-electron chi connectivity index (χ4n) is 1.72. The van der Waals surface area contributed by atoms with Crippen molar-refractivity contribution >= 4 is 23.5 Å². The van der Waals surface area contributed by atoms with Crippen molar-refractivity contribution in [3.05, 3.63) is 34.6 Å². The van der Waals surface area contributed by atoms with Crippen molar-refractivity contribution in [1.29, 1.82) is 0 Å². The zero-order valence-electron chi connectivity index (χ0n) is 11.5. The van der Waals surface area contributed by atoms with Gasteiger partial charge in [-0.25, -0.2) is 9.18 Å². The molecule has 0 fully saturated rings. The van der Waals surface area contributed by atoms with Crippen LogP contribution in [0.4, 0.5) is 4.39 Å². The summed E-state index contributed by atoms with van der Waals surface area (Å²) in [5, 5.41) is 11.7. The van der Waals surface area contributed by atoms with E-state index in [-0.39, 0.29) is 17.0 Å². The number of carbonyl (C=O) groups is 2. The molecule has 1 aromatic rings. The Morgan fingerprint density at radius 1 is 1.40 bits per heavy atom. The van der Waals surface area contributed by atoms with E-state index in [1.807, 2.05) is 0 Å². The molecule has 0 spiro atoms. The Labute approximate surface area is 121 Å². The number of aliphatic carboxylic acids is 1. The second kappa shape index (κ2) is 6.22. The average molecular weight is 302 g/mol. The summed E-state index contributed by atoms with van der Waals surface area (Å²) in [5.41, 5.74) is -0.592. The molecular formula is C14H17ClFNO3. The lowest BCUT2D eigenvalue weighted by Crippen LogP contribution is -2.49. The summed E-state index contributed by atoms with van der Waals surface area (Å²) in [6.45, 7) is 5.09. The zero-order chi connectivity index (χ0) is 15.5. The van der Waals surface area contributed by atoms with E-state index in [2.05, 4.69) is 5.32 Å². The van der Waals surface area contributed by atoms with Gasteiger partial charge >= 0.3 is 5.97 Å². The molecule has 1 rings (SSSR count). The highest BCUT2D eigenvalue weighted by molar-refractivity contribution is 6.31. The van der Waals surface area contributed by atoms with Crippen LogP contribution in [0.25, 0.3) is 0 Å². The minimum Gasteiger partial charge on any atom is -0.480 e. The molecule has 0 radical (unpaired) electrons. The lowest BCUT2D eigenvalue weighted by atomic mass is 9.86. The van der Waals surface area contributed by atoms with Gasteiger partial charge < -0.3 is 10.4 Å². The number of carboxylic acids is 1. The van der Waals surface area contributed by atoms with Gasteiger partial charge in [-0.1, -0.05) is 38.4 Å². The zero-order valence-corrected chi connectivity index (χ0v) is 12.3. The van der Waals surface area contributed by atoms with Crippen molar-refractivity contribution in [3.8, 4) is 0 Å². The Hall–Kier alpha value is -1.62. The molecule has 4 nitrogen and oxygen atoms in total. The molecule has 0 saturated carbocycles. The van der Waals surface area contributed by atoms with E-state index in [9.17, 15) is 14.0 Å². The maximum absolute atomic E-state index is 13.6. The van der Waals surface area contributed by atoms with Gasteiger partial charge in [0.2, 0.25) is 5.91 Å². The van der Waals surface area contributed by atoms with Gasteiger partial charge in [-0.15, -0.1) is 0 Å². The first-order valence-electron chi connectivity index (χ1n) is 6.08. The van der Waals surface area contributed by atoms with Gasteiger partial charge in [0.1, 0.15) is 11.9 Å². The van der Waals surface area contributed by atoms with Gasteiger partial charge in [0.05, 0.1) is 6.42 Å². The molecule has 0 heterocycles. The van der Waals surface area contributed by atoms with Crippen LogP contribution in [-0.4, -0.2) is 23.0 Å². The van der Waals surface area contributed by atoms with E-state index in [0.29, 0.717) is 0 Å². The number of halogens is 2. The highest BCUT2D eigenvalue weighted by atomic mass is 35.5. The van der Waals surface area contributed by atoms with Gasteiger partial charge in [0.25, 0.3) is 0 Å². The SMILES string of the molecule is CC(C)(C)[C@@H](NC(=O)Cc1c(F)cccc1Cl)C(=O)O. The largest absolute Gasteiger partial charge is 0.480 e. The van der Waals surface area contributed by atoms with Gasteiger partial charge in [-0.05, 0) is 17.5 Å². The fraction of sp³-hybridized carbons (Fsp3) is 0.429. The smallest absolute Gasteiger partial charge is 0.326 e. The summed E-state index contributed by atoms with van der Waals surface area (Å²) in [6, 6.07) is 3.06. The minimum atomic E-state index is -1.13. The van der Waals surface area contributed by atoms with Crippen molar-refractivity contribution in [1.82, 2.24) is 5.32 Å². The van der Waals surface area contributed by atoms with Crippen LogP contribution in [0.3, 0.4) is 0 Å². The fourth-order valence-corrected chi connectivity index (χ4v) is 1.95. The van der Waals surface area contributed by atoms with E-state index in [0.717, 1.165) is 0 Å². The number of rotatable bonds is 4. The van der Waals surface area contributed by atoms with Gasteiger partial charge in [0, 0.05) is 10.6 Å². The van der Waals surface area contributed by atoms with E-state index in [1.165, 1.54) is 18.2 Å². The number of nitrogens with one attached hydrogen (secondary N) is 1. The van der Waals surface area contributed by atoms with Crippen LogP contribution in [0.1, 0.15) is 26.3 Å². The summed E-state index contributed by atoms with van der Waals surface area (Å²) in [4.78, 5) is 23.0. The second-order valence-corrected chi connectivity index (χ2v) is 5.99. The molecule has 110 valence electrons. The lowest BCUT2D eigenvalue weighted by Gasteiger charge is -2.27. The van der Waals surface area contributed by atoms with E-state index in [4.69, 9.17) is 16.7 Å². The highest BCUT2D eigenvalue weighted by Crippen LogP contribution is 2.21. The Kier molecular flexibility index (Phi) is 5.11. The van der Waals surface area contributed by atoms with E-state index in [1.54, 1.807) is 20.8 Å². The van der Waals surface area contributed by atoms with Crippen LogP contribution in [0, 0.1) is 11.2 Å². The third-order valence-electron chi connectivity index (χ3n) is 2.82. The normalized spacial score (nSPS) is 12.8. The Morgan fingerprint density at radius 2 is 2.00 bits per heavy atom. The molecule has 1 aromatic carbocycles. The van der Waals surface area contributed by atoms with Gasteiger partial charge in [-0.2, -0.15) is 0 Å². The van der Waals surface area contributed by atoms with E-state index >= 15 is 0 Å². The van der Waals surface area contributed by atoms with Crippen molar-refractivity contribution < 1.29 is 19.1 Å². The van der Waals surface area contributed by atoms with Crippen molar-refractivity contribution in [2.24, 2.45) is 5.41 Å². The first kappa shape index (κ1) is 16.4. The molecule has 6 heteroatoms. The summed E-state index contributed by atoms with van der Waals surface area (Å²) < 4.78 is 13.6. The maximum Gasteiger partial charge on any atom is 0.326 e. The van der Waals surface area contributed by atoms with Crippen molar-refractivity contribution in [2.45, 2.75) is 33.2 Å². The molecule has 0 saturated heterocycles. The first-order valence-corrected chi connectivity index (χ1v) is 6.45. The molecule has 0 aliphatic rings. The predicted octanol–water partition coefficient (Wildman–Crippen LogP) is 2.64. The monoisotopic (exact) mass is 301 g/mol. The average Bonchev–Trinajstić information content (AvgIpc) is 2.29. The third-order valence-corrected chi connectivity index (χ3v) is 3.17. The predicted molar refractivity (Wildman–Crippen MR) is 74.1 cm³/mol. The highest BCUT2D eigenvalue weighted by Gasteiger charge is 2.32. The Balaban J connectivity index is 2.84. The molecule has 1 amide bonds. The molecule has 20 heavy (non-hydrogen) atoms. The summed E-state index contributed by atoms with van der Waals surface area (Å²) in [5.74, 6) is -2.31. The molecule has 1 atom stereocenters. The third kappa shape index (κ3) is 4.20. The quantitative estimate of drug-likeness (QED) is 0.898. The lowest BCUT2D eigenvalue weighted by molar-refractivity contribution is -0.144. The molecule has 0 aliphatic heterocycles. The number of carbonyl (C=O) groups excluding carboxylic acids is 1. The second-order valence-electron chi connectivity index (χ2n) is 5.58. The molecule has 0 unspecified atom stereocenters. The standard InChI is InChI=1S/C14H17ClFNO3/c1-14(2,3)12(13(19)20)17-11(18)7-8-9(15)5-4-6-10(8)16/h4-6,12H,7H2,1-3H3,(H,17,18)(H,19,20)/t12-/m0/s1. The van der Waals surface area contributed by atoms with Gasteiger partial charge in [-0.3, -0.25) is 4.79 Å². The summed E-state index contributed by atoms with van der Waals surface area (Å²) in [7, 11) is 0. The number of amides is 1. The first-order chi connectivity index (χ1) is 9.12. The van der Waals surface area contributed by atoms with E-state index < -0.39 is 29.2 Å². The minimum absolute atomic E-state index is 0.0599. The van der Waals surface area contributed by atoms with Crippen LogP contribution in [0.2, 0.25) is 5.02 Å². The molecule has 0 bridgehead atoms. The molecular weight excluding hydrogens is 285 g/mol.